The molecular formula is C13H10F2O2. The molecule has 0 unspecified atom stereocenters. The molecule has 0 spiro atoms. The summed E-state index contributed by atoms with van der Waals surface area (Å²) in [4.78, 5) is 9.75. The highest BCUT2D eigenvalue weighted by atomic mass is 19.2. The summed E-state index contributed by atoms with van der Waals surface area (Å²) in [5.41, 5.74) is 0.926. The Morgan fingerprint density at radius 1 is 0.882 bits per heavy atom. The molecule has 0 aromatic heterocycles. The Hall–Kier alpha value is -1.94. The van der Waals surface area contributed by atoms with Gasteiger partial charge in [-0.25, -0.2) is 8.78 Å². The molecule has 0 radical (unpaired) electrons. The quantitative estimate of drug-likeness (QED) is 0.597. The lowest BCUT2D eigenvalue weighted by atomic mass is 10.2. The molecule has 0 atom stereocenters. The standard InChI is InChI=1S/C13H10F2O2/c14-12-7-6-11(8-13(12)15)17-16-9-10-4-2-1-3-5-10/h1-8H,9H2. The van der Waals surface area contributed by atoms with Crippen molar-refractivity contribution in [3.05, 3.63) is 65.7 Å². The van der Waals surface area contributed by atoms with Crippen molar-refractivity contribution in [1.29, 1.82) is 0 Å². The van der Waals surface area contributed by atoms with Crippen molar-refractivity contribution in [1.82, 2.24) is 0 Å². The van der Waals surface area contributed by atoms with Crippen LogP contribution < -0.4 is 4.89 Å². The van der Waals surface area contributed by atoms with E-state index >= 15 is 0 Å². The Balaban J connectivity index is 1.88. The summed E-state index contributed by atoms with van der Waals surface area (Å²) < 4.78 is 25.4. The van der Waals surface area contributed by atoms with Gasteiger partial charge in [0.25, 0.3) is 0 Å². The van der Waals surface area contributed by atoms with Crippen LogP contribution >= 0.6 is 0 Å². The van der Waals surface area contributed by atoms with Gasteiger partial charge in [-0.15, -0.1) is 0 Å². The van der Waals surface area contributed by atoms with E-state index in [1.54, 1.807) is 0 Å². The van der Waals surface area contributed by atoms with Crippen LogP contribution in [0.2, 0.25) is 0 Å². The number of hydrogen-bond acceptors (Lipinski definition) is 2. The molecule has 0 aliphatic rings. The minimum Gasteiger partial charge on any atom is -0.337 e. The van der Waals surface area contributed by atoms with Crippen molar-refractivity contribution < 1.29 is 18.6 Å². The van der Waals surface area contributed by atoms with E-state index in [0.29, 0.717) is 0 Å². The number of rotatable bonds is 4. The zero-order chi connectivity index (χ0) is 12.1. The minimum atomic E-state index is -0.967. The van der Waals surface area contributed by atoms with Gasteiger partial charge in [0.1, 0.15) is 6.61 Å². The average molecular weight is 236 g/mol. The topological polar surface area (TPSA) is 18.5 Å². The molecule has 0 amide bonds. The van der Waals surface area contributed by atoms with Crippen LogP contribution in [0.15, 0.2) is 48.5 Å². The predicted octanol–water partition coefficient (Wildman–Crippen LogP) is 3.48. The smallest absolute Gasteiger partial charge is 0.168 e. The van der Waals surface area contributed by atoms with Crippen LogP contribution in [0.25, 0.3) is 0 Å². The van der Waals surface area contributed by atoms with Crippen LogP contribution in [0.3, 0.4) is 0 Å². The first-order valence-electron chi connectivity index (χ1n) is 5.04. The molecule has 0 fully saturated rings. The van der Waals surface area contributed by atoms with E-state index in [-0.39, 0.29) is 12.4 Å². The van der Waals surface area contributed by atoms with E-state index in [4.69, 9.17) is 9.78 Å². The Morgan fingerprint density at radius 3 is 2.35 bits per heavy atom. The van der Waals surface area contributed by atoms with Crippen molar-refractivity contribution in [3.63, 3.8) is 0 Å². The summed E-state index contributed by atoms with van der Waals surface area (Å²) in [6.45, 7) is 0.236. The fraction of sp³-hybridized carbons (Fsp3) is 0.0769. The third-order valence-electron chi connectivity index (χ3n) is 2.11. The van der Waals surface area contributed by atoms with Crippen molar-refractivity contribution >= 4 is 0 Å². The molecule has 0 saturated carbocycles. The number of benzene rings is 2. The van der Waals surface area contributed by atoms with Gasteiger partial charge < -0.3 is 4.89 Å². The zero-order valence-electron chi connectivity index (χ0n) is 8.90. The molecule has 2 aromatic rings. The highest BCUT2D eigenvalue weighted by Crippen LogP contribution is 2.16. The van der Waals surface area contributed by atoms with E-state index in [9.17, 15) is 8.78 Å². The van der Waals surface area contributed by atoms with Gasteiger partial charge in [-0.2, -0.15) is 4.89 Å². The molecule has 2 aromatic carbocycles. The Labute approximate surface area is 97.3 Å². The maximum atomic E-state index is 12.8. The molecular weight excluding hydrogens is 226 g/mol. The van der Waals surface area contributed by atoms with Crippen LogP contribution in [-0.4, -0.2) is 0 Å². The van der Waals surface area contributed by atoms with E-state index in [0.717, 1.165) is 17.7 Å². The van der Waals surface area contributed by atoms with E-state index in [1.807, 2.05) is 30.3 Å². The molecule has 0 heterocycles. The molecule has 88 valence electrons. The fourth-order valence-corrected chi connectivity index (χ4v) is 1.27. The third kappa shape index (κ3) is 3.26. The second kappa shape index (κ2) is 5.41. The molecule has 2 rings (SSSR count). The highest BCUT2D eigenvalue weighted by molar-refractivity contribution is 5.23. The monoisotopic (exact) mass is 236 g/mol. The lowest BCUT2D eigenvalue weighted by molar-refractivity contribution is -0.217. The third-order valence-corrected chi connectivity index (χ3v) is 2.11. The van der Waals surface area contributed by atoms with Crippen LogP contribution in [-0.2, 0) is 11.5 Å². The maximum absolute atomic E-state index is 12.8. The van der Waals surface area contributed by atoms with Gasteiger partial charge >= 0.3 is 0 Å². The van der Waals surface area contributed by atoms with Crippen LogP contribution in [0.4, 0.5) is 8.78 Å². The first-order valence-corrected chi connectivity index (χ1v) is 5.04. The van der Waals surface area contributed by atoms with Crippen LogP contribution in [0.5, 0.6) is 5.75 Å². The minimum absolute atomic E-state index is 0.125. The van der Waals surface area contributed by atoms with Gasteiger partial charge in [0.05, 0.1) is 0 Å². The molecule has 4 heteroatoms. The van der Waals surface area contributed by atoms with E-state index in [1.165, 1.54) is 6.07 Å². The normalized spacial score (nSPS) is 10.2. The molecule has 0 saturated heterocycles. The largest absolute Gasteiger partial charge is 0.337 e. The molecule has 17 heavy (non-hydrogen) atoms. The van der Waals surface area contributed by atoms with Gasteiger partial charge in [-0.1, -0.05) is 30.3 Å². The maximum Gasteiger partial charge on any atom is 0.168 e. The summed E-state index contributed by atoms with van der Waals surface area (Å²) >= 11 is 0. The first-order chi connectivity index (χ1) is 8.25. The van der Waals surface area contributed by atoms with Crippen LogP contribution in [0, 0.1) is 11.6 Å². The van der Waals surface area contributed by atoms with Crippen molar-refractivity contribution in [2.45, 2.75) is 6.61 Å². The lowest BCUT2D eigenvalue weighted by Crippen LogP contribution is -1.98. The second-order valence-electron chi connectivity index (χ2n) is 3.41. The molecule has 2 nitrogen and oxygen atoms in total. The van der Waals surface area contributed by atoms with E-state index in [2.05, 4.69) is 0 Å². The van der Waals surface area contributed by atoms with Gasteiger partial charge in [0.2, 0.25) is 0 Å². The van der Waals surface area contributed by atoms with Crippen molar-refractivity contribution in [3.8, 4) is 5.75 Å². The molecule has 0 bridgehead atoms. The fourth-order valence-electron chi connectivity index (χ4n) is 1.27. The molecule has 0 aliphatic heterocycles. The average Bonchev–Trinajstić information content (AvgIpc) is 2.35. The first kappa shape index (κ1) is 11.5. The summed E-state index contributed by atoms with van der Waals surface area (Å²) in [7, 11) is 0. The molecule has 0 aliphatic carbocycles. The summed E-state index contributed by atoms with van der Waals surface area (Å²) in [5, 5.41) is 0. The second-order valence-corrected chi connectivity index (χ2v) is 3.41. The van der Waals surface area contributed by atoms with E-state index < -0.39 is 11.6 Å². The van der Waals surface area contributed by atoms with Crippen LogP contribution in [0.1, 0.15) is 5.56 Å². The molecule has 0 N–H and O–H groups in total. The highest BCUT2D eigenvalue weighted by Gasteiger charge is 2.03. The predicted molar refractivity (Wildman–Crippen MR) is 58.2 cm³/mol. The number of hydrogen-bond donors (Lipinski definition) is 0. The Kier molecular flexibility index (Phi) is 3.67. The summed E-state index contributed by atoms with van der Waals surface area (Å²) in [5.74, 6) is -1.76. The lowest BCUT2D eigenvalue weighted by Gasteiger charge is -2.05. The summed E-state index contributed by atoms with van der Waals surface area (Å²) in [6.07, 6.45) is 0. The Bertz CT molecular complexity index is 486. The van der Waals surface area contributed by atoms with Gasteiger partial charge in [0.15, 0.2) is 17.4 Å². The van der Waals surface area contributed by atoms with Gasteiger partial charge in [0, 0.05) is 6.07 Å². The van der Waals surface area contributed by atoms with Crippen molar-refractivity contribution in [2.75, 3.05) is 0 Å². The van der Waals surface area contributed by atoms with Gasteiger partial charge in [-0.05, 0) is 17.7 Å². The SMILES string of the molecule is Fc1ccc(OOCc2ccccc2)cc1F. The number of halogens is 2. The van der Waals surface area contributed by atoms with Gasteiger partial charge in [-0.3, -0.25) is 0 Å². The van der Waals surface area contributed by atoms with Crippen molar-refractivity contribution in [2.24, 2.45) is 0 Å². The Morgan fingerprint density at radius 2 is 1.65 bits per heavy atom. The zero-order valence-corrected chi connectivity index (χ0v) is 8.90. The summed E-state index contributed by atoms with van der Waals surface area (Å²) in [6, 6.07) is 12.6.